The summed E-state index contributed by atoms with van der Waals surface area (Å²) in [5, 5.41) is 10.9. The molecule has 0 saturated carbocycles. The van der Waals surface area contributed by atoms with Gasteiger partial charge in [0.05, 0.1) is 0 Å². The molecule has 0 aliphatic heterocycles. The first-order valence-electron chi connectivity index (χ1n) is 8.78. The number of urea groups is 1. The van der Waals surface area contributed by atoms with Crippen LogP contribution >= 0.6 is 0 Å². The molecule has 7 nitrogen and oxygen atoms in total. The quantitative estimate of drug-likeness (QED) is 0.566. The number of benzene rings is 2. The normalized spacial score (nSPS) is 10.0. The molecular formula is C20H24N4O3. The molecule has 0 aromatic heterocycles. The number of amides is 4. The summed E-state index contributed by atoms with van der Waals surface area (Å²) in [7, 11) is 0. The van der Waals surface area contributed by atoms with E-state index < -0.39 is 0 Å². The van der Waals surface area contributed by atoms with Gasteiger partial charge in [0.1, 0.15) is 0 Å². The number of para-hydroxylation sites is 1. The fraction of sp³-hybridized carbons (Fsp3) is 0.250. The van der Waals surface area contributed by atoms with E-state index in [1.165, 1.54) is 0 Å². The van der Waals surface area contributed by atoms with Crippen LogP contribution in [0.25, 0.3) is 0 Å². The summed E-state index contributed by atoms with van der Waals surface area (Å²) in [6, 6.07) is 13.7. The highest BCUT2D eigenvalue weighted by Gasteiger charge is 2.07. The zero-order chi connectivity index (χ0) is 19.6. The average molecular weight is 368 g/mol. The molecule has 142 valence electrons. The Morgan fingerprint density at radius 2 is 1.52 bits per heavy atom. The lowest BCUT2D eigenvalue weighted by Crippen LogP contribution is -2.34. The third-order valence-corrected chi connectivity index (χ3v) is 3.85. The van der Waals surface area contributed by atoms with Gasteiger partial charge in [-0.1, -0.05) is 25.1 Å². The lowest BCUT2D eigenvalue weighted by atomic mass is 10.2. The van der Waals surface area contributed by atoms with E-state index in [0.717, 1.165) is 11.3 Å². The Bertz CT molecular complexity index is 803. The summed E-state index contributed by atoms with van der Waals surface area (Å²) in [4.78, 5) is 35.2. The Morgan fingerprint density at radius 3 is 2.19 bits per heavy atom. The van der Waals surface area contributed by atoms with Gasteiger partial charge in [0.25, 0.3) is 5.91 Å². The molecule has 2 rings (SSSR count). The van der Waals surface area contributed by atoms with Crippen LogP contribution in [0.1, 0.15) is 29.3 Å². The van der Waals surface area contributed by atoms with Gasteiger partial charge in [-0.2, -0.15) is 0 Å². The lowest BCUT2D eigenvalue weighted by molar-refractivity contribution is -0.120. The second-order valence-electron chi connectivity index (χ2n) is 5.93. The van der Waals surface area contributed by atoms with Crippen molar-refractivity contribution in [3.05, 3.63) is 59.7 Å². The lowest BCUT2D eigenvalue weighted by Gasteiger charge is -2.10. The highest BCUT2D eigenvalue weighted by atomic mass is 16.2. The number of hydrogen-bond acceptors (Lipinski definition) is 3. The van der Waals surface area contributed by atoms with Crippen LogP contribution in [-0.4, -0.2) is 30.9 Å². The van der Waals surface area contributed by atoms with Gasteiger partial charge in [-0.15, -0.1) is 0 Å². The van der Waals surface area contributed by atoms with Crippen molar-refractivity contribution < 1.29 is 14.4 Å². The number of carbonyl (C=O) groups excluding carboxylic acids is 3. The summed E-state index contributed by atoms with van der Waals surface area (Å²) < 4.78 is 0. The second kappa shape index (κ2) is 9.96. The van der Waals surface area contributed by atoms with Crippen molar-refractivity contribution in [1.82, 2.24) is 10.6 Å². The topological polar surface area (TPSA) is 99.3 Å². The van der Waals surface area contributed by atoms with E-state index in [2.05, 4.69) is 21.3 Å². The van der Waals surface area contributed by atoms with Crippen LogP contribution in [0.15, 0.2) is 48.5 Å². The van der Waals surface area contributed by atoms with Crippen LogP contribution in [0.2, 0.25) is 0 Å². The van der Waals surface area contributed by atoms with Gasteiger partial charge in [0, 0.05) is 36.4 Å². The first-order chi connectivity index (χ1) is 13.0. The highest BCUT2D eigenvalue weighted by molar-refractivity contribution is 6.00. The third-order valence-electron chi connectivity index (χ3n) is 3.85. The molecule has 2 aromatic rings. The molecule has 0 bridgehead atoms. The zero-order valence-electron chi connectivity index (χ0n) is 15.5. The van der Waals surface area contributed by atoms with E-state index in [1.807, 2.05) is 31.2 Å². The molecule has 0 aliphatic carbocycles. The van der Waals surface area contributed by atoms with Crippen molar-refractivity contribution >= 4 is 29.2 Å². The van der Waals surface area contributed by atoms with Gasteiger partial charge in [0.15, 0.2) is 0 Å². The van der Waals surface area contributed by atoms with Crippen LogP contribution in [-0.2, 0) is 4.79 Å². The molecular weight excluding hydrogens is 344 g/mol. The zero-order valence-corrected chi connectivity index (χ0v) is 15.5. The van der Waals surface area contributed by atoms with Gasteiger partial charge in [0.2, 0.25) is 5.91 Å². The molecule has 2 aromatic carbocycles. The summed E-state index contributed by atoms with van der Waals surface area (Å²) in [5.41, 5.74) is 2.76. The van der Waals surface area contributed by atoms with E-state index >= 15 is 0 Å². The first kappa shape index (κ1) is 20.0. The SMILES string of the molecule is CCC(=O)NCCNC(=O)c1ccc(NC(=O)Nc2ccccc2C)cc1. The number of anilines is 2. The van der Waals surface area contributed by atoms with E-state index in [0.29, 0.717) is 30.8 Å². The molecule has 4 N–H and O–H groups in total. The van der Waals surface area contributed by atoms with Gasteiger partial charge in [-0.25, -0.2) is 4.79 Å². The fourth-order valence-electron chi connectivity index (χ4n) is 2.31. The molecule has 0 fully saturated rings. The van der Waals surface area contributed by atoms with Crippen molar-refractivity contribution in [3.8, 4) is 0 Å². The van der Waals surface area contributed by atoms with Crippen molar-refractivity contribution in [2.75, 3.05) is 23.7 Å². The minimum Gasteiger partial charge on any atom is -0.354 e. The average Bonchev–Trinajstić information content (AvgIpc) is 2.67. The number of rotatable bonds is 7. The molecule has 27 heavy (non-hydrogen) atoms. The van der Waals surface area contributed by atoms with E-state index in [1.54, 1.807) is 31.2 Å². The Hall–Kier alpha value is -3.35. The van der Waals surface area contributed by atoms with Crippen molar-refractivity contribution in [1.29, 1.82) is 0 Å². The third kappa shape index (κ3) is 6.47. The van der Waals surface area contributed by atoms with E-state index in [-0.39, 0.29) is 17.8 Å². The van der Waals surface area contributed by atoms with Gasteiger partial charge < -0.3 is 21.3 Å². The van der Waals surface area contributed by atoms with Crippen LogP contribution < -0.4 is 21.3 Å². The molecule has 7 heteroatoms. The fourth-order valence-corrected chi connectivity index (χ4v) is 2.31. The summed E-state index contributed by atoms with van der Waals surface area (Å²) in [5.74, 6) is -0.291. The molecule has 0 atom stereocenters. The van der Waals surface area contributed by atoms with Crippen LogP contribution in [0.3, 0.4) is 0 Å². The maximum absolute atomic E-state index is 12.1. The Kier molecular flexibility index (Phi) is 7.37. The van der Waals surface area contributed by atoms with Gasteiger partial charge >= 0.3 is 6.03 Å². The number of nitrogens with one attached hydrogen (secondary N) is 4. The van der Waals surface area contributed by atoms with Gasteiger partial charge in [-0.05, 0) is 42.8 Å². The molecule has 0 aliphatic rings. The van der Waals surface area contributed by atoms with Crippen LogP contribution in [0.5, 0.6) is 0 Å². The number of aryl methyl sites for hydroxylation is 1. The van der Waals surface area contributed by atoms with Gasteiger partial charge in [-0.3, -0.25) is 9.59 Å². The first-order valence-corrected chi connectivity index (χ1v) is 8.78. The molecule has 0 spiro atoms. The molecule has 0 unspecified atom stereocenters. The molecule has 0 heterocycles. The molecule has 0 radical (unpaired) electrons. The summed E-state index contributed by atoms with van der Waals surface area (Å²) in [6.45, 7) is 4.42. The predicted octanol–water partition coefficient (Wildman–Crippen LogP) is 2.90. The minimum atomic E-state index is -0.354. The van der Waals surface area contributed by atoms with Crippen molar-refractivity contribution in [2.45, 2.75) is 20.3 Å². The Labute approximate surface area is 158 Å². The summed E-state index contributed by atoms with van der Waals surface area (Å²) >= 11 is 0. The maximum Gasteiger partial charge on any atom is 0.323 e. The second-order valence-corrected chi connectivity index (χ2v) is 5.93. The number of carbonyl (C=O) groups is 3. The molecule has 4 amide bonds. The van der Waals surface area contributed by atoms with E-state index in [9.17, 15) is 14.4 Å². The highest BCUT2D eigenvalue weighted by Crippen LogP contribution is 2.14. The van der Waals surface area contributed by atoms with Crippen molar-refractivity contribution in [3.63, 3.8) is 0 Å². The van der Waals surface area contributed by atoms with Crippen LogP contribution in [0.4, 0.5) is 16.2 Å². The largest absolute Gasteiger partial charge is 0.354 e. The van der Waals surface area contributed by atoms with Crippen LogP contribution in [0, 0.1) is 6.92 Å². The predicted molar refractivity (Wildman–Crippen MR) is 106 cm³/mol. The monoisotopic (exact) mass is 368 g/mol. The Morgan fingerprint density at radius 1 is 0.852 bits per heavy atom. The smallest absolute Gasteiger partial charge is 0.323 e. The number of hydrogen-bond donors (Lipinski definition) is 4. The van der Waals surface area contributed by atoms with E-state index in [4.69, 9.17) is 0 Å². The van der Waals surface area contributed by atoms with Crippen molar-refractivity contribution in [2.24, 2.45) is 0 Å². The maximum atomic E-state index is 12.1. The molecule has 0 saturated heterocycles. The minimum absolute atomic E-state index is 0.0522. The standard InChI is InChI=1S/C20H24N4O3/c1-3-18(25)21-12-13-22-19(26)15-8-10-16(11-9-15)23-20(27)24-17-7-5-4-6-14(17)2/h4-11H,3,12-13H2,1-2H3,(H,21,25)(H,22,26)(H2,23,24,27). The Balaban J connectivity index is 1.82. The summed E-state index contributed by atoms with van der Waals surface area (Å²) in [6.07, 6.45) is 0.416.